The molecule has 0 bridgehead atoms. The molecule has 6 unspecified atom stereocenters. The lowest BCUT2D eigenvalue weighted by Crippen LogP contribution is -3.00. The van der Waals surface area contributed by atoms with Crippen LogP contribution in [0.4, 0.5) is 0 Å². The second-order valence-electron chi connectivity index (χ2n) is 10.1. The van der Waals surface area contributed by atoms with Crippen molar-refractivity contribution in [3.05, 3.63) is 18.7 Å². The molecule has 2 nitrogen and oxygen atoms in total. The first-order valence-corrected chi connectivity index (χ1v) is 10.9. The smallest absolute Gasteiger partial charge is 0.244 e. The fourth-order valence-electron chi connectivity index (χ4n) is 5.77. The molecule has 2 fully saturated rings. The van der Waals surface area contributed by atoms with Crippen LogP contribution in [0.25, 0.3) is 0 Å². The minimum absolute atomic E-state index is 0. The maximum Gasteiger partial charge on any atom is 0.244 e. The van der Waals surface area contributed by atoms with Crippen molar-refractivity contribution in [3.8, 4) is 0 Å². The molecule has 0 radical (unpaired) electrons. The van der Waals surface area contributed by atoms with Crippen LogP contribution in [0.5, 0.6) is 0 Å². The van der Waals surface area contributed by atoms with E-state index >= 15 is 0 Å². The van der Waals surface area contributed by atoms with Gasteiger partial charge in [0.2, 0.25) is 6.33 Å². The third-order valence-corrected chi connectivity index (χ3v) is 7.42. The SMILES string of the molecule is CC1CCC(C(C)C)C(n2cc[n+](C3CC(C)CCC3C(C)C)c2)C1.[Br-]. The summed E-state index contributed by atoms with van der Waals surface area (Å²) in [4.78, 5) is 0. The number of hydrogen-bond acceptors (Lipinski definition) is 0. The van der Waals surface area contributed by atoms with Gasteiger partial charge in [-0.1, -0.05) is 54.4 Å². The van der Waals surface area contributed by atoms with Crippen molar-refractivity contribution in [1.82, 2.24) is 4.57 Å². The van der Waals surface area contributed by atoms with E-state index in [0.717, 1.165) is 35.5 Å². The largest absolute Gasteiger partial charge is 1.00 e. The van der Waals surface area contributed by atoms with Crippen LogP contribution in [-0.4, -0.2) is 4.57 Å². The van der Waals surface area contributed by atoms with Crippen LogP contribution in [-0.2, 0) is 0 Å². The third-order valence-electron chi connectivity index (χ3n) is 7.42. The molecule has 2 aliphatic rings. The minimum Gasteiger partial charge on any atom is -1.00 e. The predicted molar refractivity (Wildman–Crippen MR) is 105 cm³/mol. The Bertz CT molecular complexity index is 504. The number of imidazole rings is 1. The van der Waals surface area contributed by atoms with Crippen LogP contribution in [0.3, 0.4) is 0 Å². The number of rotatable bonds is 4. The van der Waals surface area contributed by atoms with Crippen LogP contribution in [0.15, 0.2) is 18.7 Å². The highest BCUT2D eigenvalue weighted by Crippen LogP contribution is 2.41. The van der Waals surface area contributed by atoms with E-state index in [1.54, 1.807) is 0 Å². The molecule has 1 aromatic rings. The van der Waals surface area contributed by atoms with E-state index in [2.05, 4.69) is 69.4 Å². The van der Waals surface area contributed by atoms with E-state index in [0.29, 0.717) is 12.1 Å². The highest BCUT2D eigenvalue weighted by molar-refractivity contribution is 4.88. The first-order chi connectivity index (χ1) is 11.9. The Kier molecular flexibility index (Phi) is 7.83. The maximum atomic E-state index is 2.58. The van der Waals surface area contributed by atoms with Gasteiger partial charge in [-0.2, -0.15) is 0 Å². The normalized spacial score (nSPS) is 35.5. The second-order valence-corrected chi connectivity index (χ2v) is 10.1. The Morgan fingerprint density at radius 1 is 0.846 bits per heavy atom. The van der Waals surface area contributed by atoms with E-state index in [1.807, 2.05) is 0 Å². The van der Waals surface area contributed by atoms with Crippen LogP contribution in [0.1, 0.15) is 92.2 Å². The summed E-state index contributed by atoms with van der Waals surface area (Å²) < 4.78 is 5.16. The molecule has 0 spiro atoms. The van der Waals surface area contributed by atoms with E-state index < -0.39 is 0 Å². The highest BCUT2D eigenvalue weighted by atomic mass is 79.9. The molecule has 6 atom stereocenters. The number of nitrogens with zero attached hydrogens (tertiary/aromatic N) is 2. The van der Waals surface area contributed by atoms with E-state index in [9.17, 15) is 0 Å². The molecule has 26 heavy (non-hydrogen) atoms. The summed E-state index contributed by atoms with van der Waals surface area (Å²) in [6.07, 6.45) is 15.6. The molecule has 0 saturated heterocycles. The van der Waals surface area contributed by atoms with Gasteiger partial charge in [0.25, 0.3) is 0 Å². The molecule has 2 saturated carbocycles. The molecular weight excluding hydrogens is 384 g/mol. The summed E-state index contributed by atoms with van der Waals surface area (Å²) in [6.45, 7) is 14.6. The van der Waals surface area contributed by atoms with Crippen molar-refractivity contribution in [2.24, 2.45) is 35.5 Å². The predicted octanol–water partition coefficient (Wildman–Crippen LogP) is 3.05. The Labute approximate surface area is 172 Å². The van der Waals surface area contributed by atoms with E-state index in [-0.39, 0.29) is 17.0 Å². The van der Waals surface area contributed by atoms with Crippen molar-refractivity contribution >= 4 is 0 Å². The minimum atomic E-state index is 0. The Morgan fingerprint density at radius 3 is 2.04 bits per heavy atom. The molecule has 0 N–H and O–H groups in total. The Hall–Kier alpha value is -0.310. The standard InChI is InChI=1S/C23H41N2.BrH/c1-16(2)20-9-7-18(5)13-22(20)24-11-12-25(15-24)23-14-19(6)8-10-21(23)17(3)4;/h11-12,15-23H,7-10,13-14H2,1-6H3;1H/q+1;/p-1. The van der Waals surface area contributed by atoms with Crippen LogP contribution < -0.4 is 21.5 Å². The van der Waals surface area contributed by atoms with Gasteiger partial charge in [0.05, 0.1) is 0 Å². The zero-order valence-electron chi connectivity index (χ0n) is 17.9. The Balaban J connectivity index is 0.00000243. The summed E-state index contributed by atoms with van der Waals surface area (Å²) in [7, 11) is 0. The van der Waals surface area contributed by atoms with E-state index in [4.69, 9.17) is 0 Å². The first kappa shape index (κ1) is 22.0. The van der Waals surface area contributed by atoms with Crippen LogP contribution >= 0.6 is 0 Å². The van der Waals surface area contributed by atoms with E-state index in [1.165, 1.54) is 38.5 Å². The molecule has 1 heterocycles. The van der Waals surface area contributed by atoms with Crippen molar-refractivity contribution in [3.63, 3.8) is 0 Å². The van der Waals surface area contributed by atoms with Gasteiger partial charge in [-0.3, -0.25) is 0 Å². The van der Waals surface area contributed by atoms with Crippen LogP contribution in [0.2, 0.25) is 0 Å². The monoisotopic (exact) mass is 424 g/mol. The summed E-state index contributed by atoms with van der Waals surface area (Å²) in [6, 6.07) is 1.40. The third kappa shape index (κ3) is 4.75. The fourth-order valence-corrected chi connectivity index (χ4v) is 5.77. The zero-order valence-corrected chi connectivity index (χ0v) is 19.5. The molecule has 2 aliphatic carbocycles. The van der Waals surface area contributed by atoms with Gasteiger partial charge >= 0.3 is 0 Å². The van der Waals surface area contributed by atoms with Crippen molar-refractivity contribution in [1.29, 1.82) is 0 Å². The first-order valence-electron chi connectivity index (χ1n) is 10.9. The average molecular weight is 425 g/mol. The van der Waals surface area contributed by atoms with Gasteiger partial charge in [0.15, 0.2) is 0 Å². The lowest BCUT2D eigenvalue weighted by molar-refractivity contribution is -0.734. The molecule has 150 valence electrons. The van der Waals surface area contributed by atoms with Gasteiger partial charge in [-0.05, 0) is 49.4 Å². The van der Waals surface area contributed by atoms with Gasteiger partial charge in [0.1, 0.15) is 24.5 Å². The maximum absolute atomic E-state index is 2.58. The lowest BCUT2D eigenvalue weighted by atomic mass is 9.74. The summed E-state index contributed by atoms with van der Waals surface area (Å²) in [5, 5.41) is 0. The number of hydrogen-bond donors (Lipinski definition) is 0. The molecule has 0 aromatic carbocycles. The topological polar surface area (TPSA) is 8.81 Å². The Morgan fingerprint density at radius 2 is 1.42 bits per heavy atom. The molecule has 3 heteroatoms. The molecule has 0 amide bonds. The van der Waals surface area contributed by atoms with Gasteiger partial charge in [0, 0.05) is 11.8 Å². The van der Waals surface area contributed by atoms with Crippen molar-refractivity contribution in [2.45, 2.75) is 92.2 Å². The van der Waals surface area contributed by atoms with Crippen LogP contribution in [0, 0.1) is 35.5 Å². The molecule has 3 rings (SSSR count). The summed E-state index contributed by atoms with van der Waals surface area (Å²) in [5.41, 5.74) is 0. The van der Waals surface area contributed by atoms with Gasteiger partial charge < -0.3 is 17.0 Å². The molecule has 0 aliphatic heterocycles. The van der Waals surface area contributed by atoms with Gasteiger partial charge in [-0.15, -0.1) is 0 Å². The van der Waals surface area contributed by atoms with Gasteiger partial charge in [-0.25, -0.2) is 9.13 Å². The average Bonchev–Trinajstić information content (AvgIpc) is 3.03. The second kappa shape index (κ2) is 9.26. The molecular formula is C23H41BrN2. The van der Waals surface area contributed by atoms with Crippen molar-refractivity contribution in [2.75, 3.05) is 0 Å². The zero-order chi connectivity index (χ0) is 18.1. The fraction of sp³-hybridized carbons (Fsp3) is 0.870. The highest BCUT2D eigenvalue weighted by Gasteiger charge is 2.38. The number of halogens is 1. The summed E-state index contributed by atoms with van der Waals surface area (Å²) >= 11 is 0. The lowest BCUT2D eigenvalue weighted by Gasteiger charge is -2.36. The quantitative estimate of drug-likeness (QED) is 0.656. The summed E-state index contributed by atoms with van der Waals surface area (Å²) in [5.74, 6) is 4.98. The number of aromatic nitrogens is 2. The van der Waals surface area contributed by atoms with Crippen molar-refractivity contribution < 1.29 is 21.5 Å². The molecule has 1 aromatic heterocycles.